The Kier molecular flexibility index (Phi) is 6.49. The van der Waals surface area contributed by atoms with Crippen LogP contribution in [0.3, 0.4) is 0 Å². The van der Waals surface area contributed by atoms with Crippen molar-refractivity contribution in [1.29, 1.82) is 0 Å². The molecule has 0 spiro atoms. The van der Waals surface area contributed by atoms with Crippen molar-refractivity contribution in [3.63, 3.8) is 0 Å². The number of hydrogen-bond donors (Lipinski definition) is 2. The van der Waals surface area contributed by atoms with E-state index in [-0.39, 0.29) is 5.91 Å². The van der Waals surface area contributed by atoms with Crippen molar-refractivity contribution in [2.45, 2.75) is 32.8 Å². The lowest BCUT2D eigenvalue weighted by Crippen LogP contribution is -2.47. The fraction of sp³-hybridized carbons (Fsp3) is 0.900. The molecule has 0 aliphatic heterocycles. The summed E-state index contributed by atoms with van der Waals surface area (Å²) in [5.74, 6) is -0.0413. The van der Waals surface area contributed by atoms with Crippen LogP contribution in [0, 0.1) is 0 Å². The summed E-state index contributed by atoms with van der Waals surface area (Å²) in [7, 11) is 1.56. The average molecular weight is 202 g/mol. The number of hydrogen-bond acceptors (Lipinski definition) is 3. The van der Waals surface area contributed by atoms with E-state index >= 15 is 0 Å². The van der Waals surface area contributed by atoms with Gasteiger partial charge in [-0.15, -0.1) is 0 Å². The van der Waals surface area contributed by atoms with Crippen LogP contribution in [-0.4, -0.2) is 38.3 Å². The quantitative estimate of drug-likeness (QED) is 0.592. The third kappa shape index (κ3) is 4.07. The first-order valence-corrected chi connectivity index (χ1v) is 5.14. The number of carbonyl (C=O) groups is 1. The fourth-order valence-corrected chi connectivity index (χ4v) is 1.03. The van der Waals surface area contributed by atoms with Gasteiger partial charge in [0.1, 0.15) is 5.60 Å². The van der Waals surface area contributed by atoms with E-state index in [0.29, 0.717) is 13.0 Å². The van der Waals surface area contributed by atoms with Crippen LogP contribution in [0.2, 0.25) is 0 Å². The van der Waals surface area contributed by atoms with Gasteiger partial charge < -0.3 is 15.4 Å². The van der Waals surface area contributed by atoms with Crippen LogP contribution in [0.25, 0.3) is 0 Å². The van der Waals surface area contributed by atoms with Gasteiger partial charge in [-0.05, 0) is 19.9 Å². The molecule has 0 saturated heterocycles. The van der Waals surface area contributed by atoms with E-state index in [1.54, 1.807) is 14.0 Å². The minimum absolute atomic E-state index is 0.0413. The van der Waals surface area contributed by atoms with E-state index in [1.807, 2.05) is 13.8 Å². The maximum Gasteiger partial charge on any atom is 0.251 e. The molecule has 0 rings (SSSR count). The van der Waals surface area contributed by atoms with Gasteiger partial charge >= 0.3 is 0 Å². The van der Waals surface area contributed by atoms with Gasteiger partial charge in [-0.3, -0.25) is 4.79 Å². The third-order valence-electron chi connectivity index (χ3n) is 2.44. The Hall–Kier alpha value is -0.610. The Morgan fingerprint density at radius 2 is 2.00 bits per heavy atom. The molecule has 0 heterocycles. The highest BCUT2D eigenvalue weighted by Gasteiger charge is 2.30. The summed E-state index contributed by atoms with van der Waals surface area (Å²) in [5, 5.41) is 5.97. The van der Waals surface area contributed by atoms with Crippen molar-refractivity contribution < 1.29 is 9.53 Å². The first kappa shape index (κ1) is 13.4. The van der Waals surface area contributed by atoms with E-state index in [1.165, 1.54) is 0 Å². The summed E-state index contributed by atoms with van der Waals surface area (Å²) in [6.07, 6.45) is 0.677. The first-order valence-electron chi connectivity index (χ1n) is 5.14. The number of rotatable bonds is 7. The smallest absolute Gasteiger partial charge is 0.251 e. The minimum Gasteiger partial charge on any atom is -0.369 e. The summed E-state index contributed by atoms with van der Waals surface area (Å²) in [6.45, 7) is 8.14. The molecule has 84 valence electrons. The maximum absolute atomic E-state index is 11.6. The number of nitrogens with one attached hydrogen (secondary N) is 2. The van der Waals surface area contributed by atoms with E-state index in [2.05, 4.69) is 10.6 Å². The first-order chi connectivity index (χ1) is 6.60. The van der Waals surface area contributed by atoms with E-state index in [9.17, 15) is 4.79 Å². The lowest BCUT2D eigenvalue weighted by molar-refractivity contribution is -0.141. The Bertz CT molecular complexity index is 168. The standard InChI is InChI=1S/C10H22N2O2/c1-5-10(3,14-4)9(13)12-8-7-11-6-2/h11H,5-8H2,1-4H3,(H,12,13). The van der Waals surface area contributed by atoms with Crippen molar-refractivity contribution in [2.24, 2.45) is 0 Å². The molecule has 0 aromatic carbocycles. The van der Waals surface area contributed by atoms with Gasteiger partial charge in [0.15, 0.2) is 0 Å². The molecule has 0 fully saturated rings. The third-order valence-corrected chi connectivity index (χ3v) is 2.44. The van der Waals surface area contributed by atoms with Crippen molar-refractivity contribution in [3.8, 4) is 0 Å². The van der Waals surface area contributed by atoms with Crippen LogP contribution >= 0.6 is 0 Å². The topological polar surface area (TPSA) is 50.4 Å². The van der Waals surface area contributed by atoms with Crippen LogP contribution in [0.1, 0.15) is 27.2 Å². The highest BCUT2D eigenvalue weighted by atomic mass is 16.5. The molecular formula is C10H22N2O2. The molecule has 0 aromatic rings. The molecule has 0 saturated carbocycles. The second kappa shape index (κ2) is 6.79. The van der Waals surface area contributed by atoms with Gasteiger partial charge in [-0.2, -0.15) is 0 Å². The van der Waals surface area contributed by atoms with Crippen molar-refractivity contribution >= 4 is 5.91 Å². The molecule has 1 atom stereocenters. The fourth-order valence-electron chi connectivity index (χ4n) is 1.03. The summed E-state index contributed by atoms with van der Waals surface area (Å²) in [5.41, 5.74) is -0.688. The summed E-state index contributed by atoms with van der Waals surface area (Å²) >= 11 is 0. The summed E-state index contributed by atoms with van der Waals surface area (Å²) < 4.78 is 5.17. The molecule has 2 N–H and O–H groups in total. The zero-order valence-electron chi connectivity index (χ0n) is 9.64. The second-order valence-corrected chi connectivity index (χ2v) is 3.40. The van der Waals surface area contributed by atoms with Gasteiger partial charge in [0.25, 0.3) is 5.91 Å². The van der Waals surface area contributed by atoms with E-state index < -0.39 is 5.60 Å². The Morgan fingerprint density at radius 1 is 1.36 bits per heavy atom. The Morgan fingerprint density at radius 3 is 2.43 bits per heavy atom. The second-order valence-electron chi connectivity index (χ2n) is 3.40. The molecule has 0 aliphatic carbocycles. The average Bonchev–Trinajstić information content (AvgIpc) is 2.22. The number of ether oxygens (including phenoxy) is 1. The van der Waals surface area contributed by atoms with Crippen LogP contribution in [-0.2, 0) is 9.53 Å². The monoisotopic (exact) mass is 202 g/mol. The van der Waals surface area contributed by atoms with E-state index in [0.717, 1.165) is 13.1 Å². The van der Waals surface area contributed by atoms with Crippen molar-refractivity contribution in [2.75, 3.05) is 26.7 Å². The van der Waals surface area contributed by atoms with Crippen LogP contribution in [0.4, 0.5) is 0 Å². The van der Waals surface area contributed by atoms with Gasteiger partial charge in [0.05, 0.1) is 0 Å². The van der Waals surface area contributed by atoms with Crippen molar-refractivity contribution in [3.05, 3.63) is 0 Å². The van der Waals surface area contributed by atoms with Gasteiger partial charge in [0, 0.05) is 20.2 Å². The molecule has 0 bridgehead atoms. The Labute approximate surface area is 86.4 Å². The summed E-state index contributed by atoms with van der Waals surface area (Å²) in [6, 6.07) is 0. The molecule has 4 nitrogen and oxygen atoms in total. The highest BCUT2D eigenvalue weighted by Crippen LogP contribution is 2.13. The highest BCUT2D eigenvalue weighted by molar-refractivity contribution is 5.84. The molecule has 1 unspecified atom stereocenters. The molecule has 14 heavy (non-hydrogen) atoms. The minimum atomic E-state index is -0.688. The molecular weight excluding hydrogens is 180 g/mol. The number of carbonyl (C=O) groups excluding carboxylic acids is 1. The molecule has 0 aromatic heterocycles. The largest absolute Gasteiger partial charge is 0.369 e. The molecule has 0 radical (unpaired) electrons. The molecule has 1 amide bonds. The predicted octanol–water partition coefficient (Wildman–Crippen LogP) is 0.527. The van der Waals surface area contributed by atoms with Gasteiger partial charge in [0.2, 0.25) is 0 Å². The van der Waals surface area contributed by atoms with Crippen LogP contribution < -0.4 is 10.6 Å². The van der Waals surface area contributed by atoms with Gasteiger partial charge in [-0.25, -0.2) is 0 Å². The SMILES string of the molecule is CCNCCNC(=O)C(C)(CC)OC. The lowest BCUT2D eigenvalue weighted by Gasteiger charge is -2.25. The number of methoxy groups -OCH3 is 1. The normalized spacial score (nSPS) is 14.9. The van der Waals surface area contributed by atoms with Gasteiger partial charge in [-0.1, -0.05) is 13.8 Å². The zero-order chi connectivity index (χ0) is 11.0. The molecule has 0 aliphatic rings. The lowest BCUT2D eigenvalue weighted by atomic mass is 10.0. The molecule has 4 heteroatoms. The summed E-state index contributed by atoms with van der Waals surface area (Å²) in [4.78, 5) is 11.6. The number of likely N-dealkylation sites (N-methyl/N-ethyl adjacent to an activating group) is 1. The maximum atomic E-state index is 11.6. The van der Waals surface area contributed by atoms with E-state index in [4.69, 9.17) is 4.74 Å². The number of amides is 1. The predicted molar refractivity (Wildman–Crippen MR) is 57.3 cm³/mol. The zero-order valence-corrected chi connectivity index (χ0v) is 9.64. The van der Waals surface area contributed by atoms with Crippen LogP contribution in [0.5, 0.6) is 0 Å². The Balaban J connectivity index is 3.82. The van der Waals surface area contributed by atoms with Crippen molar-refractivity contribution in [1.82, 2.24) is 10.6 Å². The van der Waals surface area contributed by atoms with Crippen LogP contribution in [0.15, 0.2) is 0 Å².